The fourth-order valence-corrected chi connectivity index (χ4v) is 5.47. The molecule has 0 N–H and O–H groups in total. The van der Waals surface area contributed by atoms with Crippen LogP contribution < -0.4 is 0 Å². The number of nitrogens with zero attached hydrogens (tertiary/aromatic N) is 2. The van der Waals surface area contributed by atoms with Gasteiger partial charge >= 0.3 is 0 Å². The number of ether oxygens (including phenoxy) is 1. The second kappa shape index (κ2) is 8.99. The SMILES string of the molecule is O=C(N1CCC[C@@H](Cc2ccc3ncccc3c2)C1)C1(c2ccccc2F)CCOCC1. The molecule has 2 fully saturated rings. The summed E-state index contributed by atoms with van der Waals surface area (Å²) < 4.78 is 20.4. The minimum atomic E-state index is -0.819. The summed E-state index contributed by atoms with van der Waals surface area (Å²) in [6, 6.07) is 17.2. The van der Waals surface area contributed by atoms with E-state index in [1.54, 1.807) is 12.1 Å². The van der Waals surface area contributed by atoms with Gasteiger partial charge in [0.25, 0.3) is 0 Å². The van der Waals surface area contributed by atoms with E-state index in [0.717, 1.165) is 43.3 Å². The Morgan fingerprint density at radius 1 is 1.12 bits per heavy atom. The van der Waals surface area contributed by atoms with E-state index in [9.17, 15) is 9.18 Å². The first-order valence-corrected chi connectivity index (χ1v) is 11.6. The van der Waals surface area contributed by atoms with Gasteiger partial charge in [0, 0.05) is 43.4 Å². The van der Waals surface area contributed by atoms with Gasteiger partial charge in [0.15, 0.2) is 0 Å². The summed E-state index contributed by atoms with van der Waals surface area (Å²) in [6.07, 6.45) is 5.90. The molecule has 0 radical (unpaired) electrons. The van der Waals surface area contributed by atoms with E-state index in [-0.39, 0.29) is 11.7 Å². The van der Waals surface area contributed by atoms with E-state index in [4.69, 9.17) is 4.74 Å². The normalized spacial score (nSPS) is 20.9. The third-order valence-corrected chi connectivity index (χ3v) is 7.14. The minimum absolute atomic E-state index is 0.0679. The number of fused-ring (bicyclic) bond motifs is 1. The third kappa shape index (κ3) is 4.02. The van der Waals surface area contributed by atoms with Crippen molar-refractivity contribution in [3.8, 4) is 0 Å². The lowest BCUT2D eigenvalue weighted by atomic mass is 9.72. The highest BCUT2D eigenvalue weighted by atomic mass is 19.1. The standard InChI is InChI=1S/C27H29FN2O2/c28-24-8-2-1-7-23(24)27(11-15-32-16-12-27)26(31)30-14-4-5-21(19-30)17-20-9-10-25-22(18-20)6-3-13-29-25/h1-3,6-10,13,18,21H,4-5,11-12,14-17,19H2/t21-/m0/s1. The van der Waals surface area contributed by atoms with Gasteiger partial charge in [-0.15, -0.1) is 0 Å². The lowest BCUT2D eigenvalue weighted by Crippen LogP contribution is -2.53. The van der Waals surface area contributed by atoms with E-state index in [1.165, 1.54) is 11.6 Å². The van der Waals surface area contributed by atoms with E-state index in [1.807, 2.05) is 23.2 Å². The zero-order valence-corrected chi connectivity index (χ0v) is 18.3. The van der Waals surface area contributed by atoms with Crippen LogP contribution in [0, 0.1) is 11.7 Å². The molecule has 32 heavy (non-hydrogen) atoms. The molecule has 3 aromatic rings. The Morgan fingerprint density at radius 3 is 2.81 bits per heavy atom. The Hall–Kier alpha value is -2.79. The number of amides is 1. The topological polar surface area (TPSA) is 42.4 Å². The second-order valence-electron chi connectivity index (χ2n) is 9.17. The smallest absolute Gasteiger partial charge is 0.233 e. The number of piperidine rings is 1. The summed E-state index contributed by atoms with van der Waals surface area (Å²) in [5, 5.41) is 1.15. The molecule has 2 saturated heterocycles. The van der Waals surface area contributed by atoms with Crippen LogP contribution in [0.25, 0.3) is 10.9 Å². The average Bonchev–Trinajstić information content (AvgIpc) is 2.84. The lowest BCUT2D eigenvalue weighted by Gasteiger charge is -2.43. The molecule has 1 atom stereocenters. The number of aromatic nitrogens is 1. The maximum absolute atomic E-state index is 14.8. The van der Waals surface area contributed by atoms with Gasteiger partial charge in [-0.3, -0.25) is 9.78 Å². The van der Waals surface area contributed by atoms with Crippen LogP contribution in [0.2, 0.25) is 0 Å². The first-order chi connectivity index (χ1) is 15.7. The van der Waals surface area contributed by atoms with Crippen molar-refractivity contribution >= 4 is 16.8 Å². The number of carbonyl (C=O) groups excluding carboxylic acids is 1. The molecule has 2 aliphatic rings. The van der Waals surface area contributed by atoms with Crippen molar-refractivity contribution in [2.75, 3.05) is 26.3 Å². The fraction of sp³-hybridized carbons (Fsp3) is 0.407. The number of hydrogen-bond acceptors (Lipinski definition) is 3. The van der Waals surface area contributed by atoms with Crippen LogP contribution in [-0.4, -0.2) is 42.1 Å². The molecule has 1 aromatic heterocycles. The Morgan fingerprint density at radius 2 is 1.97 bits per heavy atom. The predicted molar refractivity (Wildman–Crippen MR) is 123 cm³/mol. The van der Waals surface area contributed by atoms with Crippen molar-refractivity contribution in [2.45, 2.75) is 37.5 Å². The summed E-state index contributed by atoms with van der Waals surface area (Å²) in [4.78, 5) is 20.3. The van der Waals surface area contributed by atoms with Crippen molar-refractivity contribution in [1.29, 1.82) is 0 Å². The molecule has 0 unspecified atom stereocenters. The van der Waals surface area contributed by atoms with Gasteiger partial charge in [-0.2, -0.15) is 0 Å². The van der Waals surface area contributed by atoms with E-state index in [2.05, 4.69) is 29.2 Å². The highest BCUT2D eigenvalue weighted by Gasteiger charge is 2.46. The zero-order chi connectivity index (χ0) is 22.0. The largest absolute Gasteiger partial charge is 0.381 e. The van der Waals surface area contributed by atoms with Gasteiger partial charge in [0.05, 0.1) is 10.9 Å². The van der Waals surface area contributed by atoms with Gasteiger partial charge in [-0.1, -0.05) is 30.3 Å². The van der Waals surface area contributed by atoms with Crippen LogP contribution in [0.3, 0.4) is 0 Å². The predicted octanol–water partition coefficient (Wildman–Crippen LogP) is 4.90. The van der Waals surface area contributed by atoms with Gasteiger partial charge in [0.2, 0.25) is 5.91 Å². The maximum Gasteiger partial charge on any atom is 0.233 e. The molecule has 5 heteroatoms. The number of halogens is 1. The molecule has 0 spiro atoms. The molecule has 5 rings (SSSR count). The van der Waals surface area contributed by atoms with Crippen molar-refractivity contribution in [2.24, 2.45) is 5.92 Å². The van der Waals surface area contributed by atoms with Crippen LogP contribution in [0.15, 0.2) is 60.8 Å². The summed E-state index contributed by atoms with van der Waals surface area (Å²) in [7, 11) is 0. The molecule has 4 nitrogen and oxygen atoms in total. The number of rotatable bonds is 4. The molecule has 2 aliphatic heterocycles. The number of benzene rings is 2. The molecule has 166 valence electrons. The summed E-state index contributed by atoms with van der Waals surface area (Å²) in [5.41, 5.74) is 1.99. The van der Waals surface area contributed by atoms with Crippen molar-refractivity contribution < 1.29 is 13.9 Å². The molecule has 1 amide bonds. The Kier molecular flexibility index (Phi) is 5.92. The zero-order valence-electron chi connectivity index (χ0n) is 18.3. The van der Waals surface area contributed by atoms with Gasteiger partial charge in [-0.25, -0.2) is 4.39 Å². The maximum atomic E-state index is 14.8. The van der Waals surface area contributed by atoms with Crippen LogP contribution in [-0.2, 0) is 21.4 Å². The summed E-state index contributed by atoms with van der Waals surface area (Å²) in [5.74, 6) is 0.179. The van der Waals surface area contributed by atoms with Crippen molar-refractivity contribution in [3.05, 3.63) is 77.7 Å². The number of pyridine rings is 1. The molecule has 2 aromatic carbocycles. The van der Waals surface area contributed by atoms with Crippen LogP contribution in [0.4, 0.5) is 4.39 Å². The fourth-order valence-electron chi connectivity index (χ4n) is 5.47. The Balaban J connectivity index is 1.36. The highest BCUT2D eigenvalue weighted by Crippen LogP contribution is 2.39. The Labute approximate surface area is 188 Å². The van der Waals surface area contributed by atoms with Gasteiger partial charge < -0.3 is 9.64 Å². The van der Waals surface area contributed by atoms with E-state index in [0.29, 0.717) is 37.5 Å². The summed E-state index contributed by atoms with van der Waals surface area (Å²) >= 11 is 0. The number of likely N-dealkylation sites (tertiary alicyclic amines) is 1. The van der Waals surface area contributed by atoms with Gasteiger partial charge in [-0.05, 0) is 67.9 Å². The highest BCUT2D eigenvalue weighted by molar-refractivity contribution is 5.88. The molecule has 0 saturated carbocycles. The third-order valence-electron chi connectivity index (χ3n) is 7.14. The van der Waals surface area contributed by atoms with Gasteiger partial charge in [0.1, 0.15) is 5.82 Å². The quantitative estimate of drug-likeness (QED) is 0.589. The van der Waals surface area contributed by atoms with E-state index < -0.39 is 5.41 Å². The van der Waals surface area contributed by atoms with E-state index >= 15 is 0 Å². The molecular formula is C27H29FN2O2. The average molecular weight is 433 g/mol. The first-order valence-electron chi connectivity index (χ1n) is 11.6. The molecule has 0 aliphatic carbocycles. The Bertz CT molecular complexity index is 1110. The first kappa shape index (κ1) is 21.1. The minimum Gasteiger partial charge on any atom is -0.381 e. The number of carbonyl (C=O) groups is 1. The second-order valence-corrected chi connectivity index (χ2v) is 9.17. The van der Waals surface area contributed by atoms with Crippen LogP contribution in [0.5, 0.6) is 0 Å². The van der Waals surface area contributed by atoms with Crippen molar-refractivity contribution in [3.63, 3.8) is 0 Å². The molecule has 3 heterocycles. The number of hydrogen-bond donors (Lipinski definition) is 0. The van der Waals surface area contributed by atoms with Crippen molar-refractivity contribution in [1.82, 2.24) is 9.88 Å². The molecule has 0 bridgehead atoms. The molecular weight excluding hydrogens is 403 g/mol. The van der Waals surface area contributed by atoms with Crippen LogP contribution >= 0.6 is 0 Å². The monoisotopic (exact) mass is 432 g/mol. The van der Waals surface area contributed by atoms with Crippen LogP contribution in [0.1, 0.15) is 36.8 Å². The summed E-state index contributed by atoms with van der Waals surface area (Å²) in [6.45, 7) is 2.44. The lowest BCUT2D eigenvalue weighted by molar-refractivity contribution is -0.143.